The number of halogens is 1. The van der Waals surface area contributed by atoms with Crippen LogP contribution in [0.25, 0.3) is 0 Å². The van der Waals surface area contributed by atoms with Crippen LogP contribution in [0.4, 0.5) is 0 Å². The van der Waals surface area contributed by atoms with Crippen molar-refractivity contribution in [2.24, 2.45) is 0 Å². The van der Waals surface area contributed by atoms with Gasteiger partial charge in [0.15, 0.2) is 5.76 Å². The highest BCUT2D eigenvalue weighted by molar-refractivity contribution is 9.10. The molecule has 3 aromatic rings. The standard InChI is InChI=1S/C23H25BrN2O4S2/c24-17-7-9-18(10-8-17)32(28,29)22-12-11-20(30-22)23(27)25-16-19(21-6-5-15-31-21)26-13-3-1-2-4-14-26/h5-12,15,19H,1-4,13-14,16H2,(H,25,27). The maximum Gasteiger partial charge on any atom is 0.287 e. The molecule has 0 spiro atoms. The normalized spacial score (nSPS) is 16.4. The average molecular weight is 538 g/mol. The van der Waals surface area contributed by atoms with Crippen LogP contribution in [-0.2, 0) is 9.84 Å². The first kappa shape index (κ1) is 23.2. The molecule has 1 atom stereocenters. The lowest BCUT2D eigenvalue weighted by atomic mass is 10.2. The SMILES string of the molecule is O=C(NCC(c1cccs1)N1CCCCCC1)c1ccc(S(=O)(=O)c2ccc(Br)cc2)o1. The van der Waals surface area contributed by atoms with Crippen molar-refractivity contribution in [3.8, 4) is 0 Å². The van der Waals surface area contributed by atoms with E-state index in [-0.39, 0.29) is 21.8 Å². The fourth-order valence-electron chi connectivity index (χ4n) is 3.89. The number of thiophene rings is 1. The molecule has 1 saturated heterocycles. The van der Waals surface area contributed by atoms with Crippen molar-refractivity contribution in [2.75, 3.05) is 19.6 Å². The Hall–Kier alpha value is -1.94. The molecule has 2 aromatic heterocycles. The molecular weight excluding hydrogens is 512 g/mol. The number of nitrogens with one attached hydrogen (secondary N) is 1. The van der Waals surface area contributed by atoms with Crippen molar-refractivity contribution in [3.05, 3.63) is 69.0 Å². The number of rotatable bonds is 7. The largest absolute Gasteiger partial charge is 0.439 e. The second kappa shape index (κ2) is 10.3. The molecule has 6 nitrogen and oxygen atoms in total. The van der Waals surface area contributed by atoms with Crippen molar-refractivity contribution >= 4 is 43.0 Å². The average Bonchev–Trinajstić information content (AvgIpc) is 3.43. The zero-order valence-electron chi connectivity index (χ0n) is 17.5. The van der Waals surface area contributed by atoms with E-state index in [1.165, 1.54) is 42.0 Å². The first-order valence-corrected chi connectivity index (χ1v) is 13.8. The van der Waals surface area contributed by atoms with Crippen LogP contribution >= 0.6 is 27.3 Å². The third kappa shape index (κ3) is 5.33. The van der Waals surface area contributed by atoms with Gasteiger partial charge in [0.2, 0.25) is 14.9 Å². The number of furan rings is 1. The molecule has 9 heteroatoms. The van der Waals surface area contributed by atoms with E-state index in [0.29, 0.717) is 6.54 Å². The highest BCUT2D eigenvalue weighted by atomic mass is 79.9. The first-order valence-electron chi connectivity index (χ1n) is 10.6. The summed E-state index contributed by atoms with van der Waals surface area (Å²) in [6.07, 6.45) is 4.79. The number of benzene rings is 1. The second-order valence-corrected chi connectivity index (χ2v) is 11.5. The summed E-state index contributed by atoms with van der Waals surface area (Å²) in [7, 11) is -3.83. The van der Waals surface area contributed by atoms with Crippen LogP contribution in [0.5, 0.6) is 0 Å². The van der Waals surface area contributed by atoms with Crippen molar-refractivity contribution in [3.63, 3.8) is 0 Å². The first-order chi connectivity index (χ1) is 15.4. The van der Waals surface area contributed by atoms with Gasteiger partial charge in [-0.15, -0.1) is 11.3 Å². The highest BCUT2D eigenvalue weighted by Crippen LogP contribution is 2.28. The molecule has 3 heterocycles. The molecule has 0 saturated carbocycles. The van der Waals surface area contributed by atoms with Gasteiger partial charge in [-0.05, 0) is 73.8 Å². The minimum absolute atomic E-state index is 0.0125. The number of carbonyl (C=O) groups excluding carboxylic acids is 1. The molecule has 170 valence electrons. The molecule has 1 N–H and O–H groups in total. The predicted molar refractivity (Wildman–Crippen MR) is 128 cm³/mol. The minimum Gasteiger partial charge on any atom is -0.439 e. The van der Waals surface area contributed by atoms with Gasteiger partial charge in [0, 0.05) is 15.9 Å². The molecule has 0 radical (unpaired) electrons. The Kier molecular flexibility index (Phi) is 7.50. The Morgan fingerprint density at radius 2 is 1.78 bits per heavy atom. The summed E-state index contributed by atoms with van der Waals surface area (Å²) in [5, 5.41) is 4.75. The summed E-state index contributed by atoms with van der Waals surface area (Å²) < 4.78 is 31.8. The summed E-state index contributed by atoms with van der Waals surface area (Å²) in [6.45, 7) is 2.46. The maximum atomic E-state index is 12.8. The van der Waals surface area contributed by atoms with Gasteiger partial charge in [0.1, 0.15) is 0 Å². The van der Waals surface area contributed by atoms with E-state index in [0.717, 1.165) is 30.4 Å². The smallest absolute Gasteiger partial charge is 0.287 e. The third-order valence-electron chi connectivity index (χ3n) is 5.60. The van der Waals surface area contributed by atoms with E-state index >= 15 is 0 Å². The Bertz CT molecular complexity index is 1130. The summed E-state index contributed by atoms with van der Waals surface area (Å²) in [6, 6.07) is 13.3. The topological polar surface area (TPSA) is 79.6 Å². The molecule has 1 unspecified atom stereocenters. The molecule has 1 aliphatic rings. The van der Waals surface area contributed by atoms with E-state index in [9.17, 15) is 13.2 Å². The van der Waals surface area contributed by atoms with E-state index in [2.05, 4.69) is 32.2 Å². The van der Waals surface area contributed by atoms with E-state index in [1.54, 1.807) is 23.5 Å². The van der Waals surface area contributed by atoms with Gasteiger partial charge >= 0.3 is 0 Å². The monoisotopic (exact) mass is 536 g/mol. The van der Waals surface area contributed by atoms with Crippen LogP contribution in [0.1, 0.15) is 47.2 Å². The van der Waals surface area contributed by atoms with E-state index < -0.39 is 15.7 Å². The zero-order valence-corrected chi connectivity index (χ0v) is 20.7. The van der Waals surface area contributed by atoms with Crippen LogP contribution < -0.4 is 5.32 Å². The van der Waals surface area contributed by atoms with Gasteiger partial charge in [-0.2, -0.15) is 0 Å². The molecule has 0 aliphatic carbocycles. The minimum atomic E-state index is -3.83. The molecule has 4 rings (SSSR count). The number of sulfone groups is 1. The predicted octanol–water partition coefficient (Wildman–Crippen LogP) is 5.28. The second-order valence-electron chi connectivity index (χ2n) is 7.77. The van der Waals surface area contributed by atoms with Crippen LogP contribution in [0, 0.1) is 0 Å². The molecule has 32 heavy (non-hydrogen) atoms. The number of carbonyl (C=O) groups is 1. The van der Waals surface area contributed by atoms with Crippen molar-refractivity contribution in [1.82, 2.24) is 10.2 Å². The third-order valence-corrected chi connectivity index (χ3v) is 8.75. The van der Waals surface area contributed by atoms with Crippen molar-refractivity contribution in [1.29, 1.82) is 0 Å². The van der Waals surface area contributed by atoms with Gasteiger partial charge in [0.05, 0.1) is 10.9 Å². The number of hydrogen-bond acceptors (Lipinski definition) is 6. The Morgan fingerprint density at radius 3 is 2.44 bits per heavy atom. The van der Waals surface area contributed by atoms with E-state index in [1.807, 2.05) is 11.4 Å². The van der Waals surface area contributed by atoms with Crippen LogP contribution in [0.3, 0.4) is 0 Å². The van der Waals surface area contributed by atoms with Crippen LogP contribution in [0.15, 0.2) is 72.8 Å². The van der Waals surface area contributed by atoms with Gasteiger partial charge in [-0.3, -0.25) is 9.69 Å². The van der Waals surface area contributed by atoms with Crippen LogP contribution in [0.2, 0.25) is 0 Å². The van der Waals surface area contributed by atoms with Gasteiger partial charge in [-0.25, -0.2) is 8.42 Å². The molecule has 0 bridgehead atoms. The zero-order chi connectivity index (χ0) is 22.6. The fraction of sp³-hybridized carbons (Fsp3) is 0.348. The number of nitrogens with zero attached hydrogens (tertiary/aromatic N) is 1. The summed E-state index contributed by atoms with van der Waals surface area (Å²) in [5.74, 6) is -0.430. The van der Waals surface area contributed by atoms with Gasteiger partial charge in [0.25, 0.3) is 5.91 Å². The summed E-state index contributed by atoms with van der Waals surface area (Å²) in [4.78, 5) is 16.5. The molecular formula is C23H25BrN2O4S2. The quantitative estimate of drug-likeness (QED) is 0.444. The van der Waals surface area contributed by atoms with Crippen molar-refractivity contribution < 1.29 is 17.6 Å². The lowest BCUT2D eigenvalue weighted by Gasteiger charge is -2.30. The van der Waals surface area contributed by atoms with Crippen LogP contribution in [-0.4, -0.2) is 38.9 Å². The number of amides is 1. The Morgan fingerprint density at radius 1 is 1.06 bits per heavy atom. The summed E-state index contributed by atoms with van der Waals surface area (Å²) in [5.41, 5.74) is 0. The molecule has 1 aliphatic heterocycles. The van der Waals surface area contributed by atoms with Crippen molar-refractivity contribution in [2.45, 2.75) is 41.7 Å². The lowest BCUT2D eigenvalue weighted by molar-refractivity contribution is 0.0901. The highest BCUT2D eigenvalue weighted by Gasteiger charge is 2.26. The molecule has 1 fully saturated rings. The summed E-state index contributed by atoms with van der Waals surface area (Å²) >= 11 is 4.98. The molecule has 1 amide bonds. The van der Waals surface area contributed by atoms with Gasteiger partial charge in [-0.1, -0.05) is 34.8 Å². The Labute approximate surface area is 200 Å². The Balaban J connectivity index is 1.46. The fourth-order valence-corrected chi connectivity index (χ4v) is 6.19. The van der Waals surface area contributed by atoms with E-state index in [4.69, 9.17) is 4.42 Å². The molecule has 1 aromatic carbocycles. The van der Waals surface area contributed by atoms with Gasteiger partial charge < -0.3 is 9.73 Å². The lowest BCUT2D eigenvalue weighted by Crippen LogP contribution is -2.38. The number of hydrogen-bond donors (Lipinski definition) is 1. The number of likely N-dealkylation sites (tertiary alicyclic amines) is 1. The maximum absolute atomic E-state index is 12.8.